The number of methoxy groups -OCH3 is 1. The van der Waals surface area contributed by atoms with Crippen LogP contribution in [0.25, 0.3) is 0 Å². The number of rotatable bonds is 5. The largest absolute Gasteiger partial charge is 0.493 e. The molecule has 0 amide bonds. The third kappa shape index (κ3) is 3.59. The summed E-state index contributed by atoms with van der Waals surface area (Å²) in [5, 5.41) is 12.5. The second kappa shape index (κ2) is 7.19. The predicted octanol–water partition coefficient (Wildman–Crippen LogP) is 1.99. The van der Waals surface area contributed by atoms with Gasteiger partial charge < -0.3 is 24.6 Å². The van der Waals surface area contributed by atoms with Gasteiger partial charge in [-0.05, 0) is 25.3 Å². The van der Waals surface area contributed by atoms with Crippen LogP contribution in [0.4, 0.5) is 0 Å². The zero-order valence-electron chi connectivity index (χ0n) is 13.3. The molecule has 1 aromatic rings. The van der Waals surface area contributed by atoms with Gasteiger partial charge in [-0.3, -0.25) is 4.79 Å². The third-order valence-electron chi connectivity index (χ3n) is 4.49. The van der Waals surface area contributed by atoms with Crippen molar-refractivity contribution >= 4 is 5.97 Å². The van der Waals surface area contributed by atoms with E-state index < -0.39 is 5.97 Å². The summed E-state index contributed by atoms with van der Waals surface area (Å²) in [6.45, 7) is 1.83. The van der Waals surface area contributed by atoms with E-state index in [0.29, 0.717) is 31.1 Å². The van der Waals surface area contributed by atoms with Crippen LogP contribution in [0.15, 0.2) is 18.2 Å². The number of carbonyl (C=O) groups is 1. The molecule has 0 aliphatic carbocycles. The van der Waals surface area contributed by atoms with Gasteiger partial charge >= 0.3 is 5.97 Å². The first kappa shape index (κ1) is 16.1. The summed E-state index contributed by atoms with van der Waals surface area (Å²) in [4.78, 5) is 11.2. The van der Waals surface area contributed by atoms with Crippen LogP contribution in [0.1, 0.15) is 30.9 Å². The van der Waals surface area contributed by atoms with E-state index in [1.807, 2.05) is 18.2 Å². The highest BCUT2D eigenvalue weighted by Gasteiger charge is 2.33. The third-order valence-corrected chi connectivity index (χ3v) is 4.49. The highest BCUT2D eigenvalue weighted by atomic mass is 16.5. The Kier molecular flexibility index (Phi) is 5.03. The number of benzene rings is 1. The van der Waals surface area contributed by atoms with Crippen molar-refractivity contribution in [2.45, 2.75) is 31.4 Å². The molecular weight excluding hydrogens is 298 g/mol. The average Bonchev–Trinajstić information content (AvgIpc) is 3.06. The van der Waals surface area contributed by atoms with E-state index in [0.717, 1.165) is 25.0 Å². The van der Waals surface area contributed by atoms with Crippen molar-refractivity contribution in [1.82, 2.24) is 5.32 Å². The van der Waals surface area contributed by atoms with Gasteiger partial charge in [-0.25, -0.2) is 0 Å². The quantitative estimate of drug-likeness (QED) is 0.864. The fraction of sp³-hybridized carbons (Fsp3) is 0.588. The Labute approximate surface area is 135 Å². The number of nitrogens with one attached hydrogen (secondary N) is 1. The maximum atomic E-state index is 11.2. The lowest BCUT2D eigenvalue weighted by Crippen LogP contribution is -2.29. The van der Waals surface area contributed by atoms with Gasteiger partial charge in [0.05, 0.1) is 19.6 Å². The van der Waals surface area contributed by atoms with Crippen LogP contribution in [0, 0.1) is 5.92 Å². The summed E-state index contributed by atoms with van der Waals surface area (Å²) in [7, 11) is 1.62. The van der Waals surface area contributed by atoms with Crippen LogP contribution in [-0.4, -0.2) is 44.0 Å². The van der Waals surface area contributed by atoms with Gasteiger partial charge in [-0.2, -0.15) is 0 Å². The molecule has 6 heteroatoms. The van der Waals surface area contributed by atoms with Crippen molar-refractivity contribution in [2.24, 2.45) is 5.92 Å². The summed E-state index contributed by atoms with van der Waals surface area (Å²) in [6.07, 6.45) is 2.50. The Morgan fingerprint density at radius 2 is 2.30 bits per heavy atom. The van der Waals surface area contributed by atoms with Crippen molar-refractivity contribution in [1.29, 1.82) is 0 Å². The van der Waals surface area contributed by atoms with E-state index in [9.17, 15) is 9.90 Å². The summed E-state index contributed by atoms with van der Waals surface area (Å²) in [5.74, 6) is 0.255. The Morgan fingerprint density at radius 3 is 2.96 bits per heavy atom. The van der Waals surface area contributed by atoms with Gasteiger partial charge in [0.15, 0.2) is 11.5 Å². The summed E-state index contributed by atoms with van der Waals surface area (Å²) in [5.41, 5.74) is 0.957. The highest BCUT2D eigenvalue weighted by Crippen LogP contribution is 2.40. The van der Waals surface area contributed by atoms with Crippen LogP contribution >= 0.6 is 0 Å². The van der Waals surface area contributed by atoms with Gasteiger partial charge in [0.25, 0.3) is 0 Å². The average molecular weight is 321 g/mol. The fourth-order valence-corrected chi connectivity index (χ4v) is 3.23. The standard InChI is InChI=1S/C17H23NO5/c1-21-15-6-2-5-13(14-8-11(9-18-14)17(19)20)16(15)23-12-4-3-7-22-10-12/h2,5-6,11-12,14,18H,3-4,7-10H2,1H3,(H,19,20). The fourth-order valence-electron chi connectivity index (χ4n) is 3.23. The van der Waals surface area contributed by atoms with Crippen LogP contribution in [0.2, 0.25) is 0 Å². The molecule has 0 spiro atoms. The lowest BCUT2D eigenvalue weighted by molar-refractivity contribution is -0.141. The second-order valence-electron chi connectivity index (χ2n) is 6.07. The maximum absolute atomic E-state index is 11.2. The van der Waals surface area contributed by atoms with E-state index in [4.69, 9.17) is 14.2 Å². The Hall–Kier alpha value is -1.79. The van der Waals surface area contributed by atoms with Crippen LogP contribution in [-0.2, 0) is 9.53 Å². The lowest BCUT2D eigenvalue weighted by atomic mass is 9.99. The minimum Gasteiger partial charge on any atom is -0.493 e. The summed E-state index contributed by atoms with van der Waals surface area (Å²) >= 11 is 0. The number of carboxylic acid groups (broad SMARTS) is 1. The summed E-state index contributed by atoms with van der Waals surface area (Å²) < 4.78 is 17.1. The minimum absolute atomic E-state index is 0.00970. The molecule has 0 aromatic heterocycles. The molecular formula is C17H23NO5. The Balaban J connectivity index is 1.83. The van der Waals surface area contributed by atoms with Gasteiger partial charge in [-0.15, -0.1) is 0 Å². The number of carboxylic acids is 1. The van der Waals surface area contributed by atoms with E-state index >= 15 is 0 Å². The molecule has 0 radical (unpaired) electrons. The van der Waals surface area contributed by atoms with Gasteiger partial charge in [0.1, 0.15) is 6.10 Å². The van der Waals surface area contributed by atoms with E-state index in [2.05, 4.69) is 5.32 Å². The monoisotopic (exact) mass is 321 g/mol. The molecule has 2 aliphatic rings. The summed E-state index contributed by atoms with van der Waals surface area (Å²) in [6, 6.07) is 5.72. The Morgan fingerprint density at radius 1 is 1.43 bits per heavy atom. The SMILES string of the molecule is COc1cccc(C2CC(C(=O)O)CN2)c1OC1CCCOC1. The predicted molar refractivity (Wildman–Crippen MR) is 83.9 cm³/mol. The Bertz CT molecular complexity index is 556. The number of hydrogen-bond acceptors (Lipinski definition) is 5. The van der Waals surface area contributed by atoms with Crippen LogP contribution in [0.3, 0.4) is 0 Å². The highest BCUT2D eigenvalue weighted by molar-refractivity contribution is 5.71. The van der Waals surface area contributed by atoms with Gasteiger partial charge in [-0.1, -0.05) is 12.1 Å². The molecule has 3 atom stereocenters. The van der Waals surface area contributed by atoms with Crippen molar-refractivity contribution in [3.05, 3.63) is 23.8 Å². The number of hydrogen-bond donors (Lipinski definition) is 2. The molecule has 3 unspecified atom stereocenters. The molecule has 6 nitrogen and oxygen atoms in total. The first-order valence-electron chi connectivity index (χ1n) is 8.06. The maximum Gasteiger partial charge on any atom is 0.307 e. The molecule has 3 rings (SSSR count). The van der Waals surface area contributed by atoms with E-state index in [-0.39, 0.29) is 18.1 Å². The molecule has 2 saturated heterocycles. The molecule has 1 aromatic carbocycles. The molecule has 2 N–H and O–H groups in total. The zero-order valence-corrected chi connectivity index (χ0v) is 13.3. The van der Waals surface area contributed by atoms with Crippen molar-refractivity contribution < 1.29 is 24.1 Å². The van der Waals surface area contributed by atoms with E-state index in [1.54, 1.807) is 7.11 Å². The van der Waals surface area contributed by atoms with Crippen molar-refractivity contribution in [2.75, 3.05) is 26.9 Å². The molecule has 2 aliphatic heterocycles. The number of para-hydroxylation sites is 1. The van der Waals surface area contributed by atoms with E-state index in [1.165, 1.54) is 0 Å². The smallest absolute Gasteiger partial charge is 0.307 e. The number of ether oxygens (including phenoxy) is 3. The molecule has 23 heavy (non-hydrogen) atoms. The topological polar surface area (TPSA) is 77.0 Å². The first-order valence-corrected chi connectivity index (χ1v) is 8.06. The van der Waals surface area contributed by atoms with Crippen LogP contribution < -0.4 is 14.8 Å². The lowest BCUT2D eigenvalue weighted by Gasteiger charge is -2.26. The van der Waals surface area contributed by atoms with Crippen molar-refractivity contribution in [3.63, 3.8) is 0 Å². The van der Waals surface area contributed by atoms with Crippen LogP contribution in [0.5, 0.6) is 11.5 Å². The molecule has 126 valence electrons. The zero-order chi connectivity index (χ0) is 16.2. The number of aliphatic carboxylic acids is 1. The van der Waals surface area contributed by atoms with Gasteiger partial charge in [0, 0.05) is 24.8 Å². The van der Waals surface area contributed by atoms with Crippen molar-refractivity contribution in [3.8, 4) is 11.5 Å². The molecule has 2 fully saturated rings. The molecule has 2 heterocycles. The van der Waals surface area contributed by atoms with Gasteiger partial charge in [0.2, 0.25) is 0 Å². The molecule has 0 saturated carbocycles. The molecule has 0 bridgehead atoms. The first-order chi connectivity index (χ1) is 11.2. The normalized spacial score (nSPS) is 27.6. The minimum atomic E-state index is -0.758. The second-order valence-corrected chi connectivity index (χ2v) is 6.07.